The molecule has 7 nitrogen and oxygen atoms in total. The van der Waals surface area contributed by atoms with Crippen molar-refractivity contribution in [2.24, 2.45) is 0 Å². The lowest BCUT2D eigenvalue weighted by Gasteiger charge is -2.27. The minimum absolute atomic E-state index is 0.122. The van der Waals surface area contributed by atoms with E-state index in [0.29, 0.717) is 18.8 Å². The second-order valence-electron chi connectivity index (χ2n) is 7.53. The van der Waals surface area contributed by atoms with Crippen molar-refractivity contribution in [3.63, 3.8) is 0 Å². The Kier molecular flexibility index (Phi) is 4.17. The molecule has 0 aliphatic carbocycles. The maximum absolute atomic E-state index is 11.2. The Hall–Kier alpha value is -3.45. The molecule has 1 aliphatic rings. The van der Waals surface area contributed by atoms with E-state index in [0.717, 1.165) is 34.3 Å². The third kappa shape index (κ3) is 3.09. The van der Waals surface area contributed by atoms with E-state index >= 15 is 0 Å². The first kappa shape index (κ1) is 17.6. The molecule has 1 aliphatic heterocycles. The van der Waals surface area contributed by atoms with Crippen LogP contribution in [0, 0.1) is 0 Å². The summed E-state index contributed by atoms with van der Waals surface area (Å²) in [6.45, 7) is 0.568. The molecule has 0 spiro atoms. The molecular formula is C22H21N5O2. The first-order valence-corrected chi connectivity index (χ1v) is 9.69. The molecule has 3 heterocycles. The molecule has 2 aromatic carbocycles. The van der Waals surface area contributed by atoms with Crippen molar-refractivity contribution in [3.8, 4) is 11.1 Å². The monoisotopic (exact) mass is 387 g/mol. The summed E-state index contributed by atoms with van der Waals surface area (Å²) in [6, 6.07) is 15.9. The number of hydrogen-bond acceptors (Lipinski definition) is 5. The zero-order valence-corrected chi connectivity index (χ0v) is 15.7. The maximum Gasteiger partial charge on any atom is 0.320 e. The van der Waals surface area contributed by atoms with Gasteiger partial charge < -0.3 is 16.2 Å². The smallest absolute Gasteiger partial charge is 0.320 e. The van der Waals surface area contributed by atoms with Gasteiger partial charge in [0.1, 0.15) is 11.9 Å². The van der Waals surface area contributed by atoms with E-state index < -0.39 is 12.0 Å². The van der Waals surface area contributed by atoms with Crippen LogP contribution in [0.5, 0.6) is 0 Å². The van der Waals surface area contributed by atoms with E-state index in [1.807, 2.05) is 18.2 Å². The van der Waals surface area contributed by atoms with E-state index in [-0.39, 0.29) is 5.92 Å². The molecule has 0 radical (unpaired) electrons. The van der Waals surface area contributed by atoms with Crippen molar-refractivity contribution >= 4 is 28.2 Å². The van der Waals surface area contributed by atoms with Crippen molar-refractivity contribution in [2.45, 2.75) is 24.8 Å². The van der Waals surface area contributed by atoms with Gasteiger partial charge in [-0.05, 0) is 35.2 Å². The summed E-state index contributed by atoms with van der Waals surface area (Å²) in [5, 5.41) is 19.0. The van der Waals surface area contributed by atoms with Crippen LogP contribution in [0.3, 0.4) is 0 Å². The zero-order chi connectivity index (χ0) is 20.0. The standard InChI is InChI=1S/C22H21N5O2/c23-20-10-19(16-7-8-18(22(28)29)24-11-16)26-21-17(12-25-27(20)21)15-6-5-13-3-1-2-4-14(13)9-15/h1-6,9-10,12,16,18,24H,7-8,11,23H2,(H,28,29). The second kappa shape index (κ2) is 6.86. The molecule has 29 heavy (non-hydrogen) atoms. The minimum atomic E-state index is -0.805. The number of carboxylic acid groups (broad SMARTS) is 1. The Labute approximate surface area is 167 Å². The van der Waals surface area contributed by atoms with Crippen LogP contribution < -0.4 is 11.1 Å². The van der Waals surface area contributed by atoms with E-state index in [1.165, 1.54) is 5.39 Å². The van der Waals surface area contributed by atoms with Crippen molar-refractivity contribution in [3.05, 3.63) is 60.4 Å². The first-order valence-electron chi connectivity index (χ1n) is 9.69. The number of piperidine rings is 1. The Morgan fingerprint density at radius 2 is 1.97 bits per heavy atom. The van der Waals surface area contributed by atoms with Gasteiger partial charge in [-0.1, -0.05) is 36.4 Å². The molecule has 4 N–H and O–H groups in total. The number of hydrogen-bond donors (Lipinski definition) is 3. The van der Waals surface area contributed by atoms with Crippen LogP contribution in [0.4, 0.5) is 5.82 Å². The van der Waals surface area contributed by atoms with Gasteiger partial charge >= 0.3 is 5.97 Å². The fourth-order valence-electron chi connectivity index (χ4n) is 4.10. The maximum atomic E-state index is 11.2. The second-order valence-corrected chi connectivity index (χ2v) is 7.53. The van der Waals surface area contributed by atoms with Gasteiger partial charge in [0.25, 0.3) is 0 Å². The molecule has 7 heteroatoms. The van der Waals surface area contributed by atoms with Crippen LogP contribution in [-0.2, 0) is 4.79 Å². The predicted molar refractivity (Wildman–Crippen MR) is 112 cm³/mol. The number of aliphatic carboxylic acids is 1. The number of fused-ring (bicyclic) bond motifs is 2. The molecule has 2 atom stereocenters. The Bertz CT molecular complexity index is 1220. The molecule has 0 amide bonds. The molecule has 0 saturated carbocycles. The Morgan fingerprint density at radius 1 is 1.14 bits per heavy atom. The minimum Gasteiger partial charge on any atom is -0.480 e. The van der Waals surface area contributed by atoms with Crippen molar-refractivity contribution < 1.29 is 9.90 Å². The van der Waals surface area contributed by atoms with Gasteiger partial charge in [-0.15, -0.1) is 0 Å². The van der Waals surface area contributed by atoms with Crippen molar-refractivity contribution in [1.29, 1.82) is 0 Å². The largest absolute Gasteiger partial charge is 0.480 e. The SMILES string of the molecule is Nc1cc(C2CCC(C(=O)O)NC2)nc2c(-c3ccc4ccccc4c3)cnn12. The third-order valence-corrected chi connectivity index (χ3v) is 5.71. The quantitative estimate of drug-likeness (QED) is 0.499. The number of carbonyl (C=O) groups is 1. The molecule has 4 aromatic rings. The highest BCUT2D eigenvalue weighted by atomic mass is 16.4. The van der Waals surface area contributed by atoms with Crippen LogP contribution in [0.15, 0.2) is 54.7 Å². The summed E-state index contributed by atoms with van der Waals surface area (Å²) in [5.74, 6) is -0.157. The van der Waals surface area contributed by atoms with Crippen molar-refractivity contribution in [2.75, 3.05) is 12.3 Å². The van der Waals surface area contributed by atoms with Crippen LogP contribution in [0.2, 0.25) is 0 Å². The number of aromatic nitrogens is 3. The molecule has 0 bridgehead atoms. The molecular weight excluding hydrogens is 366 g/mol. The van der Waals surface area contributed by atoms with Crippen LogP contribution in [0.25, 0.3) is 27.5 Å². The summed E-state index contributed by atoms with van der Waals surface area (Å²) < 4.78 is 1.66. The molecule has 5 rings (SSSR count). The van der Waals surface area contributed by atoms with Gasteiger partial charge in [0, 0.05) is 24.1 Å². The van der Waals surface area contributed by atoms with Gasteiger partial charge in [-0.3, -0.25) is 4.79 Å². The Morgan fingerprint density at radius 3 is 2.72 bits per heavy atom. The van der Waals surface area contributed by atoms with Gasteiger partial charge in [0.2, 0.25) is 0 Å². The topological polar surface area (TPSA) is 106 Å². The Balaban J connectivity index is 1.55. The number of benzene rings is 2. The number of nitrogens with one attached hydrogen (secondary N) is 1. The van der Waals surface area contributed by atoms with Gasteiger partial charge in [-0.2, -0.15) is 9.61 Å². The van der Waals surface area contributed by atoms with E-state index in [4.69, 9.17) is 10.7 Å². The summed E-state index contributed by atoms with van der Waals surface area (Å²) in [5.41, 5.74) is 9.82. The van der Waals surface area contributed by atoms with Crippen LogP contribution in [-0.4, -0.2) is 38.3 Å². The third-order valence-electron chi connectivity index (χ3n) is 5.71. The zero-order valence-electron chi connectivity index (χ0n) is 15.7. The number of anilines is 1. The number of nitrogen functional groups attached to an aromatic ring is 1. The summed E-state index contributed by atoms with van der Waals surface area (Å²) >= 11 is 0. The predicted octanol–water partition coefficient (Wildman–Crippen LogP) is 3.05. The van der Waals surface area contributed by atoms with Gasteiger partial charge in [0.15, 0.2) is 5.65 Å². The lowest BCUT2D eigenvalue weighted by atomic mass is 9.92. The summed E-state index contributed by atoms with van der Waals surface area (Å²) in [4.78, 5) is 16.1. The number of nitrogens with two attached hydrogens (primary N) is 1. The molecule has 2 aromatic heterocycles. The number of carboxylic acids is 1. The molecule has 2 unspecified atom stereocenters. The molecule has 1 fully saturated rings. The number of nitrogens with zero attached hydrogens (tertiary/aromatic N) is 3. The molecule has 1 saturated heterocycles. The number of rotatable bonds is 3. The van der Waals surface area contributed by atoms with E-state index in [2.05, 4.69) is 40.7 Å². The normalized spacial score (nSPS) is 19.6. The van der Waals surface area contributed by atoms with Crippen LogP contribution in [0.1, 0.15) is 24.5 Å². The first-order chi connectivity index (χ1) is 14.1. The molecule has 146 valence electrons. The van der Waals surface area contributed by atoms with Crippen molar-refractivity contribution in [1.82, 2.24) is 19.9 Å². The summed E-state index contributed by atoms with van der Waals surface area (Å²) in [6.07, 6.45) is 3.13. The van der Waals surface area contributed by atoms with Crippen LogP contribution >= 0.6 is 0 Å². The average Bonchev–Trinajstić information content (AvgIpc) is 3.18. The summed E-state index contributed by atoms with van der Waals surface area (Å²) in [7, 11) is 0. The van der Waals surface area contributed by atoms with Gasteiger partial charge in [-0.25, -0.2) is 4.98 Å². The van der Waals surface area contributed by atoms with E-state index in [1.54, 1.807) is 10.7 Å². The fraction of sp³-hybridized carbons (Fsp3) is 0.227. The lowest BCUT2D eigenvalue weighted by molar-refractivity contribution is -0.140. The van der Waals surface area contributed by atoms with E-state index in [9.17, 15) is 9.90 Å². The highest BCUT2D eigenvalue weighted by Gasteiger charge is 2.27. The fourth-order valence-corrected chi connectivity index (χ4v) is 4.10. The lowest BCUT2D eigenvalue weighted by Crippen LogP contribution is -2.43. The average molecular weight is 387 g/mol. The highest BCUT2D eigenvalue weighted by Crippen LogP contribution is 2.31. The highest BCUT2D eigenvalue weighted by molar-refractivity contribution is 5.89. The van der Waals surface area contributed by atoms with Gasteiger partial charge in [0.05, 0.1) is 11.9 Å².